The Balaban J connectivity index is 1.61. The fourth-order valence-electron chi connectivity index (χ4n) is 2.72. The second kappa shape index (κ2) is 10.6. The number of hydrogen-bond acceptors (Lipinski definition) is 2. The van der Waals surface area contributed by atoms with Gasteiger partial charge >= 0.3 is 5.97 Å². The standard InChI is InChI=1S/C21H26O3/c22-21(23)20(24-17-16-19-13-6-2-7-14-19)15-9-3-8-12-18-10-4-1-5-11-18/h1-2,4-7,10-11,13-14,20H,3,8-9,12,15-17H2,(H,22,23). The van der Waals surface area contributed by atoms with Gasteiger partial charge in [-0.15, -0.1) is 0 Å². The molecule has 2 rings (SSSR count). The minimum atomic E-state index is -0.855. The van der Waals surface area contributed by atoms with Crippen molar-refractivity contribution in [3.05, 3.63) is 71.8 Å². The third-order valence-electron chi connectivity index (χ3n) is 4.10. The van der Waals surface area contributed by atoms with Crippen molar-refractivity contribution in [2.45, 2.75) is 44.6 Å². The molecule has 1 N–H and O–H groups in total. The Morgan fingerprint density at radius 1 is 0.833 bits per heavy atom. The average Bonchev–Trinajstić information content (AvgIpc) is 2.61. The van der Waals surface area contributed by atoms with Crippen LogP contribution < -0.4 is 0 Å². The number of ether oxygens (including phenoxy) is 1. The van der Waals surface area contributed by atoms with Gasteiger partial charge in [0.2, 0.25) is 0 Å². The number of aryl methyl sites for hydroxylation is 1. The largest absolute Gasteiger partial charge is 0.479 e. The molecule has 0 spiro atoms. The molecule has 0 amide bonds. The van der Waals surface area contributed by atoms with Crippen molar-refractivity contribution < 1.29 is 14.6 Å². The molecule has 2 aromatic carbocycles. The van der Waals surface area contributed by atoms with E-state index in [0.717, 1.165) is 32.1 Å². The predicted molar refractivity (Wildman–Crippen MR) is 96.1 cm³/mol. The molecule has 1 atom stereocenters. The van der Waals surface area contributed by atoms with Crippen LogP contribution in [0.2, 0.25) is 0 Å². The number of carboxylic acids is 1. The molecule has 1 unspecified atom stereocenters. The molecule has 128 valence electrons. The van der Waals surface area contributed by atoms with E-state index in [9.17, 15) is 9.90 Å². The number of rotatable bonds is 11. The molecular weight excluding hydrogens is 300 g/mol. The molecule has 24 heavy (non-hydrogen) atoms. The third kappa shape index (κ3) is 6.97. The SMILES string of the molecule is O=C(O)C(CCCCCc1ccccc1)OCCc1ccccc1. The van der Waals surface area contributed by atoms with Crippen molar-refractivity contribution in [2.24, 2.45) is 0 Å². The van der Waals surface area contributed by atoms with Crippen LogP contribution in [0.5, 0.6) is 0 Å². The van der Waals surface area contributed by atoms with Gasteiger partial charge in [-0.05, 0) is 36.8 Å². The Morgan fingerprint density at radius 3 is 2.00 bits per heavy atom. The van der Waals surface area contributed by atoms with Crippen LogP contribution in [0.25, 0.3) is 0 Å². The minimum absolute atomic E-state index is 0.449. The highest BCUT2D eigenvalue weighted by Crippen LogP contribution is 2.11. The summed E-state index contributed by atoms with van der Waals surface area (Å²) >= 11 is 0. The zero-order valence-corrected chi connectivity index (χ0v) is 14.1. The summed E-state index contributed by atoms with van der Waals surface area (Å²) in [5.41, 5.74) is 2.51. The van der Waals surface area contributed by atoms with E-state index >= 15 is 0 Å². The monoisotopic (exact) mass is 326 g/mol. The summed E-state index contributed by atoms with van der Waals surface area (Å²) in [7, 11) is 0. The molecule has 0 fully saturated rings. The maximum Gasteiger partial charge on any atom is 0.332 e. The number of unbranched alkanes of at least 4 members (excludes halogenated alkanes) is 2. The van der Waals surface area contributed by atoms with Gasteiger partial charge in [0.1, 0.15) is 0 Å². The van der Waals surface area contributed by atoms with E-state index in [1.807, 2.05) is 36.4 Å². The van der Waals surface area contributed by atoms with Gasteiger partial charge in [0.15, 0.2) is 6.10 Å². The van der Waals surface area contributed by atoms with Crippen molar-refractivity contribution in [1.82, 2.24) is 0 Å². The molecule has 0 saturated carbocycles. The Bertz CT molecular complexity index is 581. The Labute approximate surface area is 144 Å². The van der Waals surface area contributed by atoms with E-state index in [1.54, 1.807) is 0 Å². The quantitative estimate of drug-likeness (QED) is 0.618. The van der Waals surface area contributed by atoms with Crippen LogP contribution in [0.3, 0.4) is 0 Å². The molecule has 0 aliphatic heterocycles. The molecule has 0 saturated heterocycles. The van der Waals surface area contributed by atoms with Crippen molar-refractivity contribution in [1.29, 1.82) is 0 Å². The fraction of sp³-hybridized carbons (Fsp3) is 0.381. The minimum Gasteiger partial charge on any atom is -0.479 e. The molecule has 0 aliphatic rings. The number of benzene rings is 2. The summed E-state index contributed by atoms with van der Waals surface area (Å²) in [5, 5.41) is 9.28. The van der Waals surface area contributed by atoms with Crippen LogP contribution >= 0.6 is 0 Å². The first-order chi connectivity index (χ1) is 11.8. The van der Waals surface area contributed by atoms with E-state index in [4.69, 9.17) is 4.74 Å². The van der Waals surface area contributed by atoms with Crippen molar-refractivity contribution in [3.8, 4) is 0 Å². The van der Waals surface area contributed by atoms with Gasteiger partial charge < -0.3 is 9.84 Å². The number of carboxylic acid groups (broad SMARTS) is 1. The topological polar surface area (TPSA) is 46.5 Å². The molecule has 0 bridgehead atoms. The first-order valence-electron chi connectivity index (χ1n) is 8.68. The highest BCUT2D eigenvalue weighted by atomic mass is 16.5. The highest BCUT2D eigenvalue weighted by molar-refractivity contribution is 5.72. The van der Waals surface area contributed by atoms with E-state index < -0.39 is 12.1 Å². The Kier molecular flexibility index (Phi) is 8.05. The summed E-state index contributed by atoms with van der Waals surface area (Å²) in [4.78, 5) is 11.3. The second-order valence-electron chi connectivity index (χ2n) is 6.02. The van der Waals surface area contributed by atoms with Crippen molar-refractivity contribution >= 4 is 5.97 Å². The van der Waals surface area contributed by atoms with E-state index in [-0.39, 0.29) is 0 Å². The smallest absolute Gasteiger partial charge is 0.332 e. The lowest BCUT2D eigenvalue weighted by atomic mass is 10.0. The van der Waals surface area contributed by atoms with Crippen LogP contribution in [0.4, 0.5) is 0 Å². The zero-order chi connectivity index (χ0) is 17.0. The van der Waals surface area contributed by atoms with E-state index in [1.165, 1.54) is 11.1 Å². The summed E-state index contributed by atoms with van der Waals surface area (Å²) in [5.74, 6) is -0.855. The predicted octanol–water partition coefficient (Wildman–Crippen LogP) is 4.50. The number of hydrogen-bond donors (Lipinski definition) is 1. The van der Waals surface area contributed by atoms with Gasteiger partial charge in [-0.3, -0.25) is 0 Å². The van der Waals surface area contributed by atoms with Crippen LogP contribution in [-0.2, 0) is 22.4 Å². The summed E-state index contributed by atoms with van der Waals surface area (Å²) in [6.07, 6.45) is 4.69. The average molecular weight is 326 g/mol. The van der Waals surface area contributed by atoms with Gasteiger partial charge in [-0.25, -0.2) is 4.79 Å². The Morgan fingerprint density at radius 2 is 1.42 bits per heavy atom. The summed E-state index contributed by atoms with van der Waals surface area (Å²) in [6.45, 7) is 0.449. The van der Waals surface area contributed by atoms with Gasteiger partial charge in [0.25, 0.3) is 0 Å². The van der Waals surface area contributed by atoms with E-state index in [2.05, 4.69) is 24.3 Å². The molecule has 0 radical (unpaired) electrons. The first-order valence-corrected chi connectivity index (χ1v) is 8.68. The summed E-state index contributed by atoms with van der Waals surface area (Å²) < 4.78 is 5.57. The van der Waals surface area contributed by atoms with Gasteiger partial charge in [0.05, 0.1) is 6.61 Å². The van der Waals surface area contributed by atoms with Gasteiger partial charge in [-0.2, -0.15) is 0 Å². The lowest BCUT2D eigenvalue weighted by Crippen LogP contribution is -2.24. The molecule has 0 aromatic heterocycles. The maximum absolute atomic E-state index is 11.3. The number of aliphatic carboxylic acids is 1. The number of carbonyl (C=O) groups is 1. The first kappa shape index (κ1) is 18.2. The molecular formula is C21H26O3. The summed E-state index contributed by atoms with van der Waals surface area (Å²) in [6, 6.07) is 20.4. The maximum atomic E-state index is 11.3. The normalized spacial score (nSPS) is 12.0. The van der Waals surface area contributed by atoms with Crippen LogP contribution in [0.1, 0.15) is 36.8 Å². The third-order valence-corrected chi connectivity index (χ3v) is 4.10. The van der Waals surface area contributed by atoms with Crippen molar-refractivity contribution in [3.63, 3.8) is 0 Å². The highest BCUT2D eigenvalue weighted by Gasteiger charge is 2.17. The van der Waals surface area contributed by atoms with Crippen LogP contribution in [-0.4, -0.2) is 23.8 Å². The van der Waals surface area contributed by atoms with Crippen LogP contribution in [0.15, 0.2) is 60.7 Å². The lowest BCUT2D eigenvalue weighted by molar-refractivity contribution is -0.150. The molecule has 3 heteroatoms. The second-order valence-corrected chi connectivity index (χ2v) is 6.02. The van der Waals surface area contributed by atoms with Crippen LogP contribution in [0, 0.1) is 0 Å². The molecule has 0 aliphatic carbocycles. The molecule has 3 nitrogen and oxygen atoms in total. The van der Waals surface area contributed by atoms with Crippen molar-refractivity contribution in [2.75, 3.05) is 6.61 Å². The molecule has 0 heterocycles. The zero-order valence-electron chi connectivity index (χ0n) is 14.1. The van der Waals surface area contributed by atoms with E-state index in [0.29, 0.717) is 13.0 Å². The van der Waals surface area contributed by atoms with Gasteiger partial charge in [-0.1, -0.05) is 73.5 Å². The fourth-order valence-corrected chi connectivity index (χ4v) is 2.72. The lowest BCUT2D eigenvalue weighted by Gasteiger charge is -2.13. The Hall–Kier alpha value is -2.13. The van der Waals surface area contributed by atoms with Gasteiger partial charge in [0, 0.05) is 0 Å². The molecule has 2 aromatic rings.